The molecule has 158 valence electrons. The Morgan fingerprint density at radius 2 is 1.90 bits per heavy atom. The predicted octanol–water partition coefficient (Wildman–Crippen LogP) is 3.44. The molecule has 8 heteroatoms. The summed E-state index contributed by atoms with van der Waals surface area (Å²) in [4.78, 5) is 19.2. The molecule has 0 saturated heterocycles. The molecule has 0 unspecified atom stereocenters. The normalized spacial score (nSPS) is 10.5. The number of hydrogen-bond acceptors (Lipinski definition) is 6. The van der Waals surface area contributed by atoms with Crippen LogP contribution in [0, 0.1) is 0 Å². The minimum Gasteiger partial charge on any atom is -0.493 e. The lowest BCUT2D eigenvalue weighted by atomic mass is 10.2. The first kappa shape index (κ1) is 21.2. The van der Waals surface area contributed by atoms with Gasteiger partial charge >= 0.3 is 0 Å². The van der Waals surface area contributed by atoms with Gasteiger partial charge in [0.2, 0.25) is 0 Å². The molecule has 0 spiro atoms. The van der Waals surface area contributed by atoms with Crippen LogP contribution in [0.1, 0.15) is 29.8 Å². The van der Waals surface area contributed by atoms with E-state index in [0.717, 1.165) is 24.5 Å². The van der Waals surface area contributed by atoms with Crippen LogP contribution >= 0.6 is 0 Å². The number of anilines is 2. The van der Waals surface area contributed by atoms with Crippen molar-refractivity contribution >= 4 is 17.5 Å². The Hall–Kier alpha value is -3.55. The van der Waals surface area contributed by atoms with Crippen LogP contribution < -0.4 is 19.7 Å². The molecular weight excluding hydrogens is 382 g/mol. The highest BCUT2D eigenvalue weighted by atomic mass is 16.5. The molecule has 0 atom stereocenters. The van der Waals surface area contributed by atoms with Crippen molar-refractivity contribution in [2.45, 2.75) is 20.4 Å². The fraction of sp³-hybridized carbons (Fsp3) is 0.318. The van der Waals surface area contributed by atoms with Crippen LogP contribution in [-0.2, 0) is 6.54 Å². The third-order valence-corrected chi connectivity index (χ3v) is 4.86. The van der Waals surface area contributed by atoms with E-state index >= 15 is 0 Å². The van der Waals surface area contributed by atoms with Crippen LogP contribution in [0.25, 0.3) is 0 Å². The van der Waals surface area contributed by atoms with Crippen molar-refractivity contribution in [2.24, 2.45) is 0 Å². The molecule has 0 aliphatic carbocycles. The van der Waals surface area contributed by atoms with Crippen LogP contribution in [0.4, 0.5) is 11.6 Å². The zero-order valence-corrected chi connectivity index (χ0v) is 17.8. The molecule has 2 aromatic heterocycles. The van der Waals surface area contributed by atoms with E-state index < -0.39 is 0 Å². The molecule has 8 nitrogen and oxygen atoms in total. The average molecular weight is 409 g/mol. The highest BCUT2D eigenvalue weighted by molar-refractivity contribution is 6.03. The molecule has 3 rings (SSSR count). The zero-order chi connectivity index (χ0) is 21.5. The van der Waals surface area contributed by atoms with Crippen LogP contribution in [-0.4, -0.2) is 48.0 Å². The SMILES string of the molecule is CCN(CC)c1ccc(C(=O)Nc2ccnn2Cc2cccc(OC)c2OC)cn1. The monoisotopic (exact) mass is 409 g/mol. The number of benzene rings is 1. The Morgan fingerprint density at radius 3 is 2.53 bits per heavy atom. The first-order valence-electron chi connectivity index (χ1n) is 9.85. The number of para-hydroxylation sites is 1. The second kappa shape index (κ2) is 9.78. The van der Waals surface area contributed by atoms with Gasteiger partial charge < -0.3 is 19.7 Å². The molecule has 2 heterocycles. The second-order valence-electron chi connectivity index (χ2n) is 6.56. The predicted molar refractivity (Wildman–Crippen MR) is 117 cm³/mol. The number of rotatable bonds is 9. The first-order valence-corrected chi connectivity index (χ1v) is 9.85. The summed E-state index contributed by atoms with van der Waals surface area (Å²) < 4.78 is 12.5. The van der Waals surface area contributed by atoms with Crippen molar-refractivity contribution in [1.29, 1.82) is 0 Å². The van der Waals surface area contributed by atoms with Crippen LogP contribution in [0.3, 0.4) is 0 Å². The average Bonchev–Trinajstić information content (AvgIpc) is 3.21. The number of amides is 1. The van der Waals surface area contributed by atoms with E-state index in [4.69, 9.17) is 9.47 Å². The molecule has 0 aliphatic rings. The number of methoxy groups -OCH3 is 2. The molecule has 1 aromatic carbocycles. The highest BCUT2D eigenvalue weighted by Crippen LogP contribution is 2.31. The smallest absolute Gasteiger partial charge is 0.258 e. The van der Waals surface area contributed by atoms with E-state index in [9.17, 15) is 4.79 Å². The van der Waals surface area contributed by atoms with Gasteiger partial charge in [-0.3, -0.25) is 4.79 Å². The first-order chi connectivity index (χ1) is 14.6. The van der Waals surface area contributed by atoms with Crippen LogP contribution in [0.5, 0.6) is 11.5 Å². The molecule has 0 fully saturated rings. The lowest BCUT2D eigenvalue weighted by Gasteiger charge is -2.19. The number of aromatic nitrogens is 3. The van der Waals surface area contributed by atoms with Gasteiger partial charge in [0.25, 0.3) is 5.91 Å². The van der Waals surface area contributed by atoms with Crippen LogP contribution in [0.2, 0.25) is 0 Å². The van der Waals surface area contributed by atoms with E-state index in [1.807, 2.05) is 24.3 Å². The van der Waals surface area contributed by atoms with Gasteiger partial charge in [-0.1, -0.05) is 12.1 Å². The molecule has 0 radical (unpaired) electrons. The number of ether oxygens (including phenoxy) is 2. The van der Waals surface area contributed by atoms with E-state index in [2.05, 4.69) is 34.1 Å². The maximum absolute atomic E-state index is 12.7. The molecule has 1 N–H and O–H groups in total. The number of carbonyl (C=O) groups is 1. The van der Waals surface area contributed by atoms with E-state index in [-0.39, 0.29) is 5.91 Å². The van der Waals surface area contributed by atoms with Crippen LogP contribution in [0.15, 0.2) is 48.8 Å². The summed E-state index contributed by atoms with van der Waals surface area (Å²) in [6, 6.07) is 11.1. The summed E-state index contributed by atoms with van der Waals surface area (Å²) in [5.74, 6) is 2.48. The van der Waals surface area contributed by atoms with Gasteiger partial charge in [-0.2, -0.15) is 5.10 Å². The van der Waals surface area contributed by atoms with E-state index in [0.29, 0.717) is 29.4 Å². The van der Waals surface area contributed by atoms with Gasteiger partial charge in [0.1, 0.15) is 11.6 Å². The second-order valence-corrected chi connectivity index (χ2v) is 6.56. The third-order valence-electron chi connectivity index (χ3n) is 4.86. The number of hydrogen-bond donors (Lipinski definition) is 1. The largest absolute Gasteiger partial charge is 0.493 e. The minimum absolute atomic E-state index is 0.243. The lowest BCUT2D eigenvalue weighted by molar-refractivity contribution is 0.102. The minimum atomic E-state index is -0.243. The Balaban J connectivity index is 1.76. The summed E-state index contributed by atoms with van der Waals surface area (Å²) in [6.45, 7) is 6.29. The van der Waals surface area contributed by atoms with Gasteiger partial charge in [0.15, 0.2) is 11.5 Å². The Morgan fingerprint density at radius 1 is 1.10 bits per heavy atom. The lowest BCUT2D eigenvalue weighted by Crippen LogP contribution is -2.23. The zero-order valence-electron chi connectivity index (χ0n) is 17.8. The third kappa shape index (κ3) is 4.53. The standard InChI is InChI=1S/C22H27N5O3/c1-5-26(6-2)19-11-10-16(14-23-19)22(28)25-20-12-13-24-27(20)15-17-8-7-9-18(29-3)21(17)30-4/h7-14H,5-6,15H2,1-4H3,(H,25,28). The summed E-state index contributed by atoms with van der Waals surface area (Å²) in [7, 11) is 3.20. The fourth-order valence-corrected chi connectivity index (χ4v) is 3.25. The van der Waals surface area contributed by atoms with Gasteiger partial charge in [-0.25, -0.2) is 9.67 Å². The topological polar surface area (TPSA) is 81.5 Å². The van der Waals surface area contributed by atoms with Gasteiger partial charge in [0, 0.05) is 30.9 Å². The van der Waals surface area contributed by atoms with Gasteiger partial charge in [0.05, 0.1) is 32.5 Å². The highest BCUT2D eigenvalue weighted by Gasteiger charge is 2.14. The van der Waals surface area contributed by atoms with Crippen molar-refractivity contribution in [3.8, 4) is 11.5 Å². The Kier molecular flexibility index (Phi) is 6.90. The van der Waals surface area contributed by atoms with Crippen molar-refractivity contribution in [3.05, 3.63) is 59.9 Å². The molecule has 30 heavy (non-hydrogen) atoms. The number of pyridine rings is 1. The molecule has 0 aliphatic heterocycles. The number of nitrogens with one attached hydrogen (secondary N) is 1. The summed E-state index contributed by atoms with van der Waals surface area (Å²) in [6.07, 6.45) is 3.23. The fourth-order valence-electron chi connectivity index (χ4n) is 3.25. The van der Waals surface area contributed by atoms with E-state index in [1.54, 1.807) is 43.4 Å². The number of carbonyl (C=O) groups excluding carboxylic acids is 1. The van der Waals surface area contributed by atoms with Crippen molar-refractivity contribution in [2.75, 3.05) is 37.5 Å². The van der Waals surface area contributed by atoms with Gasteiger partial charge in [-0.05, 0) is 32.0 Å². The van der Waals surface area contributed by atoms with Crippen molar-refractivity contribution in [1.82, 2.24) is 14.8 Å². The van der Waals surface area contributed by atoms with Gasteiger partial charge in [-0.15, -0.1) is 0 Å². The summed E-state index contributed by atoms with van der Waals surface area (Å²) in [5, 5.41) is 7.24. The van der Waals surface area contributed by atoms with Crippen molar-refractivity contribution in [3.63, 3.8) is 0 Å². The maximum atomic E-state index is 12.7. The molecule has 1 amide bonds. The Labute approximate surface area is 176 Å². The molecular formula is C22H27N5O3. The molecule has 0 saturated carbocycles. The molecule has 3 aromatic rings. The van der Waals surface area contributed by atoms with Crippen molar-refractivity contribution < 1.29 is 14.3 Å². The Bertz CT molecular complexity index is 981. The number of nitrogens with zero attached hydrogens (tertiary/aromatic N) is 4. The molecule has 0 bridgehead atoms. The summed E-state index contributed by atoms with van der Waals surface area (Å²) >= 11 is 0. The summed E-state index contributed by atoms with van der Waals surface area (Å²) in [5.41, 5.74) is 1.37. The maximum Gasteiger partial charge on any atom is 0.258 e. The van der Waals surface area contributed by atoms with E-state index in [1.165, 1.54) is 0 Å². The quantitative estimate of drug-likeness (QED) is 0.583.